The summed E-state index contributed by atoms with van der Waals surface area (Å²) in [5.74, 6) is -1.38. The molecule has 0 aliphatic carbocycles. The van der Waals surface area contributed by atoms with Crippen molar-refractivity contribution in [3.05, 3.63) is 34.9 Å². The molecule has 0 aromatic heterocycles. The molecular formula is C8H6F2N2. The van der Waals surface area contributed by atoms with Gasteiger partial charge in [0.1, 0.15) is 17.7 Å². The first-order valence-corrected chi connectivity index (χ1v) is 3.27. The minimum atomic E-state index is -0.737. The third kappa shape index (κ3) is 1.41. The third-order valence-electron chi connectivity index (χ3n) is 1.48. The Labute approximate surface area is 68.2 Å². The Kier molecular flexibility index (Phi) is 2.36. The average molecular weight is 168 g/mol. The summed E-state index contributed by atoms with van der Waals surface area (Å²) in [6, 6.07) is 3.31. The fourth-order valence-electron chi connectivity index (χ4n) is 0.830. The van der Waals surface area contributed by atoms with Gasteiger partial charge in [-0.25, -0.2) is 8.78 Å². The van der Waals surface area contributed by atoms with E-state index >= 15 is 0 Å². The summed E-state index contributed by atoms with van der Waals surface area (Å²) >= 11 is 0. The first-order valence-electron chi connectivity index (χ1n) is 3.27. The van der Waals surface area contributed by atoms with Gasteiger partial charge in [-0.3, -0.25) is 0 Å². The van der Waals surface area contributed by atoms with E-state index in [1.807, 2.05) is 0 Å². The summed E-state index contributed by atoms with van der Waals surface area (Å²) in [7, 11) is 0. The molecule has 1 aromatic carbocycles. The third-order valence-corrected chi connectivity index (χ3v) is 1.48. The van der Waals surface area contributed by atoms with E-state index in [1.54, 1.807) is 0 Å². The predicted octanol–water partition coefficient (Wildman–Crippen LogP) is 1.30. The number of nitrogens with two attached hydrogens (primary N) is 1. The number of nitriles is 1. The SMILES string of the molecule is N#Cc1cc(F)c(CN)cc1F. The Morgan fingerprint density at radius 3 is 2.50 bits per heavy atom. The maximum atomic E-state index is 12.8. The van der Waals surface area contributed by atoms with Crippen LogP contribution >= 0.6 is 0 Å². The zero-order valence-electron chi connectivity index (χ0n) is 6.14. The van der Waals surface area contributed by atoms with Crippen LogP contribution in [0.25, 0.3) is 0 Å². The molecule has 0 radical (unpaired) electrons. The van der Waals surface area contributed by atoms with E-state index in [2.05, 4.69) is 0 Å². The molecule has 0 saturated carbocycles. The van der Waals surface area contributed by atoms with Crippen molar-refractivity contribution in [2.24, 2.45) is 5.73 Å². The van der Waals surface area contributed by atoms with Crippen LogP contribution in [0.2, 0.25) is 0 Å². The van der Waals surface area contributed by atoms with Crippen LogP contribution in [0, 0.1) is 23.0 Å². The Bertz CT molecular complexity index is 341. The largest absolute Gasteiger partial charge is 0.326 e. The number of hydrogen-bond acceptors (Lipinski definition) is 2. The molecule has 0 fully saturated rings. The minimum Gasteiger partial charge on any atom is -0.326 e. The highest BCUT2D eigenvalue weighted by molar-refractivity contribution is 5.34. The van der Waals surface area contributed by atoms with E-state index in [0.717, 1.165) is 12.1 Å². The molecule has 1 rings (SSSR count). The van der Waals surface area contributed by atoms with Crippen LogP contribution in [-0.4, -0.2) is 0 Å². The van der Waals surface area contributed by atoms with Crippen molar-refractivity contribution in [2.75, 3.05) is 0 Å². The van der Waals surface area contributed by atoms with Crippen LogP contribution in [0.3, 0.4) is 0 Å². The van der Waals surface area contributed by atoms with Gasteiger partial charge >= 0.3 is 0 Å². The zero-order chi connectivity index (χ0) is 9.14. The minimum absolute atomic E-state index is 0.0749. The van der Waals surface area contributed by atoms with Crippen LogP contribution in [-0.2, 0) is 6.54 Å². The van der Waals surface area contributed by atoms with Gasteiger partial charge in [0.05, 0.1) is 5.56 Å². The quantitative estimate of drug-likeness (QED) is 0.686. The normalized spacial score (nSPS) is 9.50. The van der Waals surface area contributed by atoms with E-state index < -0.39 is 11.6 Å². The zero-order valence-corrected chi connectivity index (χ0v) is 6.14. The molecule has 0 unspecified atom stereocenters. The average Bonchev–Trinajstić information content (AvgIpc) is 2.08. The van der Waals surface area contributed by atoms with Gasteiger partial charge in [0.2, 0.25) is 0 Å². The van der Waals surface area contributed by atoms with Crippen molar-refractivity contribution in [3.63, 3.8) is 0 Å². The van der Waals surface area contributed by atoms with Crippen LogP contribution in [0.4, 0.5) is 8.78 Å². The summed E-state index contributed by atoms with van der Waals surface area (Å²) in [5, 5.41) is 8.32. The molecule has 0 bridgehead atoms. The van der Waals surface area contributed by atoms with Gasteiger partial charge in [-0.15, -0.1) is 0 Å². The van der Waals surface area contributed by atoms with Gasteiger partial charge < -0.3 is 5.73 Å². The second-order valence-electron chi connectivity index (χ2n) is 2.24. The fraction of sp³-hybridized carbons (Fsp3) is 0.125. The molecule has 1 aromatic rings. The van der Waals surface area contributed by atoms with Gasteiger partial charge in [-0.2, -0.15) is 5.26 Å². The van der Waals surface area contributed by atoms with Crippen molar-refractivity contribution in [1.29, 1.82) is 5.26 Å². The number of hydrogen-bond donors (Lipinski definition) is 1. The maximum Gasteiger partial charge on any atom is 0.141 e. The Morgan fingerprint density at radius 1 is 1.33 bits per heavy atom. The smallest absolute Gasteiger partial charge is 0.141 e. The molecule has 0 amide bonds. The highest BCUT2D eigenvalue weighted by Crippen LogP contribution is 2.13. The molecule has 0 saturated heterocycles. The van der Waals surface area contributed by atoms with Crippen molar-refractivity contribution in [2.45, 2.75) is 6.54 Å². The molecule has 0 heterocycles. The Morgan fingerprint density at radius 2 is 2.00 bits per heavy atom. The number of nitrogens with zero attached hydrogens (tertiary/aromatic N) is 1. The van der Waals surface area contributed by atoms with Crippen LogP contribution in [0.5, 0.6) is 0 Å². The summed E-state index contributed by atoms with van der Waals surface area (Å²) in [4.78, 5) is 0. The lowest BCUT2D eigenvalue weighted by Crippen LogP contribution is -2.01. The first kappa shape index (κ1) is 8.62. The van der Waals surface area contributed by atoms with Crippen molar-refractivity contribution in [3.8, 4) is 6.07 Å². The summed E-state index contributed by atoms with van der Waals surface area (Å²) < 4.78 is 25.6. The summed E-state index contributed by atoms with van der Waals surface area (Å²) in [6.07, 6.45) is 0. The van der Waals surface area contributed by atoms with Gasteiger partial charge in [0, 0.05) is 12.1 Å². The lowest BCUT2D eigenvalue weighted by molar-refractivity contribution is 0.583. The number of halogens is 2. The fourth-order valence-corrected chi connectivity index (χ4v) is 0.830. The Balaban J connectivity index is 3.28. The van der Waals surface area contributed by atoms with E-state index in [-0.39, 0.29) is 17.7 Å². The van der Waals surface area contributed by atoms with Gasteiger partial charge in [-0.1, -0.05) is 0 Å². The van der Waals surface area contributed by atoms with Crippen molar-refractivity contribution < 1.29 is 8.78 Å². The second kappa shape index (κ2) is 3.28. The van der Waals surface area contributed by atoms with Crippen LogP contribution in [0.15, 0.2) is 12.1 Å². The van der Waals surface area contributed by atoms with Crippen LogP contribution in [0.1, 0.15) is 11.1 Å². The topological polar surface area (TPSA) is 49.8 Å². The van der Waals surface area contributed by atoms with Gasteiger partial charge in [-0.05, 0) is 12.1 Å². The highest BCUT2D eigenvalue weighted by atomic mass is 19.1. The molecule has 0 aliphatic heterocycles. The lowest BCUT2D eigenvalue weighted by atomic mass is 10.1. The predicted molar refractivity (Wildman–Crippen MR) is 39.0 cm³/mol. The van der Waals surface area contributed by atoms with Gasteiger partial charge in [0.15, 0.2) is 0 Å². The summed E-state index contributed by atoms with van der Waals surface area (Å²) in [6.45, 7) is -0.0749. The molecule has 62 valence electrons. The highest BCUT2D eigenvalue weighted by Gasteiger charge is 2.07. The van der Waals surface area contributed by atoms with Gasteiger partial charge in [0.25, 0.3) is 0 Å². The van der Waals surface area contributed by atoms with Crippen molar-refractivity contribution in [1.82, 2.24) is 0 Å². The standard InChI is InChI=1S/C8H6F2N2/c9-7-1-5(3-11)8(10)2-6(7)4-12/h1-2H,3,11H2. The second-order valence-corrected chi connectivity index (χ2v) is 2.24. The molecule has 0 aliphatic rings. The molecule has 0 atom stereocenters. The molecule has 4 heteroatoms. The maximum absolute atomic E-state index is 12.8. The lowest BCUT2D eigenvalue weighted by Gasteiger charge is -2.00. The Hall–Kier alpha value is -1.47. The monoisotopic (exact) mass is 168 g/mol. The number of rotatable bonds is 1. The van der Waals surface area contributed by atoms with E-state index in [0.29, 0.717) is 0 Å². The van der Waals surface area contributed by atoms with Crippen molar-refractivity contribution >= 4 is 0 Å². The summed E-state index contributed by atoms with van der Waals surface area (Å²) in [5.41, 5.74) is 4.90. The molecule has 0 spiro atoms. The molecule has 2 nitrogen and oxygen atoms in total. The first-order chi connectivity index (χ1) is 5.69. The molecule has 2 N–H and O–H groups in total. The van der Waals surface area contributed by atoms with E-state index in [1.165, 1.54) is 6.07 Å². The van der Waals surface area contributed by atoms with E-state index in [4.69, 9.17) is 11.0 Å². The van der Waals surface area contributed by atoms with Crippen LogP contribution < -0.4 is 5.73 Å². The number of benzene rings is 1. The van der Waals surface area contributed by atoms with E-state index in [9.17, 15) is 8.78 Å². The molecular weight excluding hydrogens is 162 g/mol. The molecule has 12 heavy (non-hydrogen) atoms.